The molecule has 5 nitrogen and oxygen atoms in total. The van der Waals surface area contributed by atoms with Crippen molar-refractivity contribution in [2.45, 2.75) is 151 Å². The first-order chi connectivity index (χ1) is 18.9. The molecule has 0 saturated heterocycles. The van der Waals surface area contributed by atoms with Crippen molar-refractivity contribution in [3.05, 3.63) is 22.3 Å². The highest BCUT2D eigenvalue weighted by Crippen LogP contribution is 2.45. The maximum atomic E-state index is 12.5. The average molecular weight is 558 g/mol. The van der Waals surface area contributed by atoms with Gasteiger partial charge in [0, 0.05) is 18.5 Å². The maximum Gasteiger partial charge on any atom is 0.311 e. The molecule has 0 aliphatic carbocycles. The van der Waals surface area contributed by atoms with Crippen LogP contribution in [0.4, 0.5) is 0 Å². The Labute approximate surface area is 245 Å². The van der Waals surface area contributed by atoms with Crippen molar-refractivity contribution in [1.29, 1.82) is 0 Å². The quantitative estimate of drug-likeness (QED) is 0.153. The molecule has 0 bridgehead atoms. The average Bonchev–Trinajstić information content (AvgIpc) is 2.88. The number of fused-ring (bicyclic) bond motifs is 1. The zero-order valence-corrected chi connectivity index (χ0v) is 27.3. The lowest BCUT2D eigenvalue weighted by molar-refractivity contribution is -0.136. The van der Waals surface area contributed by atoms with Gasteiger partial charge in [-0.1, -0.05) is 72.6 Å². The van der Waals surface area contributed by atoms with Crippen LogP contribution in [0.15, 0.2) is 0 Å². The second kappa shape index (κ2) is 16.4. The van der Waals surface area contributed by atoms with Crippen molar-refractivity contribution in [2.75, 3.05) is 6.54 Å². The molecule has 1 heterocycles. The van der Waals surface area contributed by atoms with Gasteiger partial charge in [0.1, 0.15) is 17.1 Å². The number of hydrogen-bond donors (Lipinski definition) is 1. The van der Waals surface area contributed by atoms with Crippen LogP contribution in [0.2, 0.25) is 0 Å². The number of carbonyl (C=O) groups is 2. The number of carbonyl (C=O) groups excluding carboxylic acids is 2. The van der Waals surface area contributed by atoms with E-state index in [-0.39, 0.29) is 30.3 Å². The summed E-state index contributed by atoms with van der Waals surface area (Å²) in [6.07, 6.45) is 13.8. The molecule has 3 unspecified atom stereocenters. The normalized spacial score (nSPS) is 18.1. The summed E-state index contributed by atoms with van der Waals surface area (Å²) < 4.78 is 12.5. The molecular formula is C35H59NO4. The molecule has 3 atom stereocenters. The van der Waals surface area contributed by atoms with Crippen LogP contribution in [0.5, 0.6) is 11.5 Å². The number of rotatable bonds is 17. The molecule has 0 saturated carbocycles. The highest BCUT2D eigenvalue weighted by atomic mass is 16.5. The first kappa shape index (κ1) is 34.2. The van der Waals surface area contributed by atoms with Gasteiger partial charge < -0.3 is 14.8 Å². The fourth-order valence-electron chi connectivity index (χ4n) is 6.08. The molecule has 0 radical (unpaired) electrons. The minimum atomic E-state index is -0.368. The van der Waals surface area contributed by atoms with E-state index in [9.17, 15) is 9.59 Å². The lowest BCUT2D eigenvalue weighted by Gasteiger charge is -2.38. The van der Waals surface area contributed by atoms with E-state index < -0.39 is 0 Å². The van der Waals surface area contributed by atoms with Crippen molar-refractivity contribution in [1.82, 2.24) is 5.32 Å². The molecule has 1 aliphatic heterocycles. The smallest absolute Gasteiger partial charge is 0.311 e. The number of amides is 1. The van der Waals surface area contributed by atoms with E-state index in [0.717, 1.165) is 65.0 Å². The van der Waals surface area contributed by atoms with Crippen LogP contribution in [-0.4, -0.2) is 24.0 Å². The van der Waals surface area contributed by atoms with Crippen LogP contribution in [0.1, 0.15) is 141 Å². The van der Waals surface area contributed by atoms with Gasteiger partial charge in [0.2, 0.25) is 5.91 Å². The van der Waals surface area contributed by atoms with Crippen molar-refractivity contribution in [3.63, 3.8) is 0 Å². The summed E-state index contributed by atoms with van der Waals surface area (Å²) in [5.41, 5.74) is 3.97. The predicted molar refractivity (Wildman–Crippen MR) is 166 cm³/mol. The fourth-order valence-corrected chi connectivity index (χ4v) is 6.08. The minimum Gasteiger partial charge on any atom is -0.487 e. The lowest BCUT2D eigenvalue weighted by Crippen LogP contribution is -2.37. The summed E-state index contributed by atoms with van der Waals surface area (Å²) in [5, 5.41) is 2.72. The van der Waals surface area contributed by atoms with E-state index in [0.29, 0.717) is 12.3 Å². The molecule has 1 N–H and O–H groups in total. The zero-order valence-electron chi connectivity index (χ0n) is 27.3. The maximum absolute atomic E-state index is 12.5. The summed E-state index contributed by atoms with van der Waals surface area (Å²) in [4.78, 5) is 24.2. The van der Waals surface area contributed by atoms with Gasteiger partial charge in [-0.05, 0) is 94.7 Å². The SMILES string of the molecule is CCNC(=O)CCC(=O)Oc1c(C)c(C)c2c(c1C)CCC(C)(CCCC(C)CCCC(C)CCCC(C)C)O2. The Kier molecular flexibility index (Phi) is 14.0. The van der Waals surface area contributed by atoms with Crippen LogP contribution in [0, 0.1) is 38.5 Å². The number of benzene rings is 1. The summed E-state index contributed by atoms with van der Waals surface area (Å²) >= 11 is 0. The molecule has 5 heteroatoms. The Morgan fingerprint density at radius 2 is 1.48 bits per heavy atom. The number of ether oxygens (including phenoxy) is 2. The van der Waals surface area contributed by atoms with Gasteiger partial charge in [0.05, 0.1) is 6.42 Å². The van der Waals surface area contributed by atoms with Crippen molar-refractivity contribution < 1.29 is 19.1 Å². The first-order valence-electron chi connectivity index (χ1n) is 16.2. The molecular weight excluding hydrogens is 498 g/mol. The van der Waals surface area contributed by atoms with E-state index in [1.54, 1.807) is 0 Å². The Morgan fingerprint density at radius 1 is 0.875 bits per heavy atom. The topological polar surface area (TPSA) is 64.6 Å². The van der Waals surface area contributed by atoms with Crippen LogP contribution in [0.25, 0.3) is 0 Å². The number of esters is 1. The van der Waals surface area contributed by atoms with Gasteiger partial charge in [-0.2, -0.15) is 0 Å². The van der Waals surface area contributed by atoms with Crippen molar-refractivity contribution >= 4 is 11.9 Å². The van der Waals surface area contributed by atoms with Gasteiger partial charge in [0.15, 0.2) is 0 Å². The van der Waals surface area contributed by atoms with Gasteiger partial charge in [-0.3, -0.25) is 9.59 Å². The van der Waals surface area contributed by atoms with E-state index in [1.807, 2.05) is 20.8 Å². The van der Waals surface area contributed by atoms with Crippen LogP contribution >= 0.6 is 0 Å². The zero-order chi connectivity index (χ0) is 29.9. The van der Waals surface area contributed by atoms with Crippen molar-refractivity contribution in [2.24, 2.45) is 17.8 Å². The predicted octanol–water partition coefficient (Wildman–Crippen LogP) is 8.96. The standard InChI is InChI=1S/C35H59NO4/c1-10-36-31(37)19-20-32(38)39-33-27(6)28(7)34-30(29(33)8)21-23-35(9,40-34)22-13-18-26(5)17-12-16-25(4)15-11-14-24(2)3/h24-26H,10-23H2,1-9H3,(H,36,37). The third-order valence-electron chi connectivity index (χ3n) is 8.98. The van der Waals surface area contributed by atoms with Crippen LogP contribution in [-0.2, 0) is 16.0 Å². The van der Waals surface area contributed by atoms with Gasteiger partial charge >= 0.3 is 5.97 Å². The molecule has 0 aromatic heterocycles. The molecule has 1 amide bonds. The Bertz CT molecular complexity index is 969. The molecule has 228 valence electrons. The number of hydrogen-bond acceptors (Lipinski definition) is 4. The van der Waals surface area contributed by atoms with Crippen LogP contribution in [0.3, 0.4) is 0 Å². The molecule has 0 spiro atoms. The lowest BCUT2D eigenvalue weighted by atomic mass is 9.83. The summed E-state index contributed by atoms with van der Waals surface area (Å²) in [6.45, 7) is 20.3. The molecule has 1 aromatic rings. The van der Waals surface area contributed by atoms with E-state index in [1.165, 1.54) is 51.4 Å². The van der Waals surface area contributed by atoms with Gasteiger partial charge in [-0.15, -0.1) is 0 Å². The second-order valence-corrected chi connectivity index (χ2v) is 13.3. The van der Waals surface area contributed by atoms with Gasteiger partial charge in [0.25, 0.3) is 0 Å². The molecule has 1 aromatic carbocycles. The van der Waals surface area contributed by atoms with E-state index in [2.05, 4.69) is 46.9 Å². The van der Waals surface area contributed by atoms with E-state index in [4.69, 9.17) is 9.47 Å². The van der Waals surface area contributed by atoms with Crippen molar-refractivity contribution in [3.8, 4) is 11.5 Å². The second-order valence-electron chi connectivity index (χ2n) is 13.3. The molecule has 40 heavy (non-hydrogen) atoms. The van der Waals surface area contributed by atoms with E-state index >= 15 is 0 Å². The number of nitrogens with one attached hydrogen (secondary N) is 1. The highest BCUT2D eigenvalue weighted by molar-refractivity contribution is 5.82. The molecule has 2 rings (SSSR count). The Hall–Kier alpha value is -2.04. The molecule has 1 aliphatic rings. The Balaban J connectivity index is 1.87. The largest absolute Gasteiger partial charge is 0.487 e. The summed E-state index contributed by atoms with van der Waals surface area (Å²) in [5.74, 6) is 3.56. The highest BCUT2D eigenvalue weighted by Gasteiger charge is 2.34. The van der Waals surface area contributed by atoms with Gasteiger partial charge in [-0.25, -0.2) is 0 Å². The summed E-state index contributed by atoms with van der Waals surface area (Å²) in [7, 11) is 0. The third kappa shape index (κ3) is 10.7. The molecule has 0 fully saturated rings. The fraction of sp³-hybridized carbons (Fsp3) is 0.771. The Morgan fingerprint density at radius 3 is 2.08 bits per heavy atom. The minimum absolute atomic E-state index is 0.0746. The third-order valence-corrected chi connectivity index (χ3v) is 8.98. The first-order valence-corrected chi connectivity index (χ1v) is 16.2. The van der Waals surface area contributed by atoms with Crippen LogP contribution < -0.4 is 14.8 Å². The monoisotopic (exact) mass is 557 g/mol. The summed E-state index contributed by atoms with van der Waals surface area (Å²) in [6, 6.07) is 0.